The van der Waals surface area contributed by atoms with Crippen molar-refractivity contribution >= 4 is 17.4 Å². The zero-order chi connectivity index (χ0) is 14.8. The van der Waals surface area contributed by atoms with E-state index in [1.54, 1.807) is 0 Å². The molecule has 116 valence electrons. The third-order valence-corrected chi connectivity index (χ3v) is 4.53. The van der Waals surface area contributed by atoms with Gasteiger partial charge in [0.15, 0.2) is 11.6 Å². The standard InChI is InChI=1S/C15H21ClFN3O/c1-2-3-12-9-21-10-13-8-19(4-5-20(12)13)15-14(17)6-11(16)7-18-15/h6-7,12-13H,2-5,8-10H2,1H3/t12-,13+/m0/s1. The van der Waals surface area contributed by atoms with Crippen molar-refractivity contribution < 1.29 is 9.13 Å². The van der Waals surface area contributed by atoms with E-state index in [9.17, 15) is 4.39 Å². The highest BCUT2D eigenvalue weighted by Gasteiger charge is 2.36. The normalized spacial score (nSPS) is 26.7. The Morgan fingerprint density at radius 3 is 3.05 bits per heavy atom. The summed E-state index contributed by atoms with van der Waals surface area (Å²) in [5.74, 6) is 0.0504. The highest BCUT2D eigenvalue weighted by atomic mass is 35.5. The van der Waals surface area contributed by atoms with Gasteiger partial charge < -0.3 is 9.64 Å². The molecule has 1 aromatic rings. The molecule has 2 atom stereocenters. The quantitative estimate of drug-likeness (QED) is 0.857. The van der Waals surface area contributed by atoms with Gasteiger partial charge in [0, 0.05) is 31.9 Å². The highest BCUT2D eigenvalue weighted by Crippen LogP contribution is 2.26. The average molecular weight is 314 g/mol. The van der Waals surface area contributed by atoms with E-state index in [0.717, 1.165) is 39.1 Å². The number of aromatic nitrogens is 1. The van der Waals surface area contributed by atoms with Gasteiger partial charge in [-0.25, -0.2) is 9.37 Å². The molecule has 0 unspecified atom stereocenters. The first-order chi connectivity index (χ1) is 10.2. The lowest BCUT2D eigenvalue weighted by atomic mass is 10.0. The van der Waals surface area contributed by atoms with Gasteiger partial charge in [0.2, 0.25) is 0 Å². The van der Waals surface area contributed by atoms with Crippen LogP contribution in [0.25, 0.3) is 0 Å². The molecular formula is C15H21ClFN3O. The summed E-state index contributed by atoms with van der Waals surface area (Å²) in [5.41, 5.74) is 0. The number of pyridine rings is 1. The van der Waals surface area contributed by atoms with E-state index in [1.165, 1.54) is 12.3 Å². The third kappa shape index (κ3) is 3.15. The fourth-order valence-electron chi connectivity index (χ4n) is 3.35. The molecule has 6 heteroatoms. The molecular weight excluding hydrogens is 293 g/mol. The van der Waals surface area contributed by atoms with Crippen LogP contribution in [0.3, 0.4) is 0 Å². The molecule has 3 rings (SSSR count). The zero-order valence-corrected chi connectivity index (χ0v) is 13.0. The number of morpholine rings is 1. The SMILES string of the molecule is CCC[C@H]1COC[C@H]2CN(c3ncc(Cl)cc3F)CCN12. The number of rotatable bonds is 3. The number of hydrogen-bond donors (Lipinski definition) is 0. The van der Waals surface area contributed by atoms with E-state index in [2.05, 4.69) is 16.8 Å². The van der Waals surface area contributed by atoms with Crippen molar-refractivity contribution in [2.75, 3.05) is 37.7 Å². The van der Waals surface area contributed by atoms with Crippen molar-refractivity contribution in [1.29, 1.82) is 0 Å². The van der Waals surface area contributed by atoms with Crippen LogP contribution >= 0.6 is 11.6 Å². The van der Waals surface area contributed by atoms with E-state index in [1.807, 2.05) is 4.90 Å². The predicted octanol–water partition coefficient (Wildman–Crippen LogP) is 2.56. The van der Waals surface area contributed by atoms with Gasteiger partial charge in [-0.15, -0.1) is 0 Å². The number of ether oxygens (including phenoxy) is 1. The van der Waals surface area contributed by atoms with Crippen molar-refractivity contribution in [2.24, 2.45) is 0 Å². The van der Waals surface area contributed by atoms with Crippen LogP contribution in [0.2, 0.25) is 5.02 Å². The van der Waals surface area contributed by atoms with Gasteiger partial charge in [-0.05, 0) is 12.5 Å². The molecule has 0 amide bonds. The molecule has 0 spiro atoms. The summed E-state index contributed by atoms with van der Waals surface area (Å²) >= 11 is 5.77. The summed E-state index contributed by atoms with van der Waals surface area (Å²) in [6.45, 7) is 6.22. The molecule has 21 heavy (non-hydrogen) atoms. The van der Waals surface area contributed by atoms with Crippen LogP contribution in [-0.4, -0.2) is 54.8 Å². The van der Waals surface area contributed by atoms with Gasteiger partial charge in [0.25, 0.3) is 0 Å². The second-order valence-electron chi connectivity index (χ2n) is 5.78. The van der Waals surface area contributed by atoms with E-state index in [0.29, 0.717) is 29.5 Å². The van der Waals surface area contributed by atoms with Gasteiger partial charge in [0.1, 0.15) is 0 Å². The van der Waals surface area contributed by atoms with Crippen molar-refractivity contribution in [3.8, 4) is 0 Å². The second kappa shape index (κ2) is 6.46. The van der Waals surface area contributed by atoms with Crippen LogP contribution in [0, 0.1) is 5.82 Å². The number of nitrogens with zero attached hydrogens (tertiary/aromatic N) is 3. The smallest absolute Gasteiger partial charge is 0.167 e. The Kier molecular flexibility index (Phi) is 4.62. The Balaban J connectivity index is 1.72. The largest absolute Gasteiger partial charge is 0.378 e. The summed E-state index contributed by atoms with van der Waals surface area (Å²) in [6.07, 6.45) is 3.82. The summed E-state index contributed by atoms with van der Waals surface area (Å²) in [6, 6.07) is 2.15. The topological polar surface area (TPSA) is 28.6 Å². The van der Waals surface area contributed by atoms with Gasteiger partial charge in [-0.2, -0.15) is 0 Å². The zero-order valence-electron chi connectivity index (χ0n) is 12.3. The summed E-state index contributed by atoms with van der Waals surface area (Å²) in [5, 5.41) is 0.332. The Morgan fingerprint density at radius 1 is 1.43 bits per heavy atom. The van der Waals surface area contributed by atoms with Crippen LogP contribution in [0.5, 0.6) is 0 Å². The minimum absolute atomic E-state index is 0.320. The molecule has 2 fully saturated rings. The molecule has 1 aromatic heterocycles. The van der Waals surface area contributed by atoms with Crippen LogP contribution < -0.4 is 4.90 Å². The number of hydrogen-bond acceptors (Lipinski definition) is 4. The minimum atomic E-state index is -0.349. The predicted molar refractivity (Wildman–Crippen MR) is 81.4 cm³/mol. The number of piperazine rings is 1. The van der Waals surface area contributed by atoms with Crippen LogP contribution in [0.15, 0.2) is 12.3 Å². The van der Waals surface area contributed by atoms with Gasteiger partial charge in [-0.3, -0.25) is 4.90 Å². The van der Waals surface area contributed by atoms with E-state index >= 15 is 0 Å². The van der Waals surface area contributed by atoms with E-state index in [-0.39, 0.29) is 5.82 Å². The molecule has 0 bridgehead atoms. The van der Waals surface area contributed by atoms with Crippen molar-refractivity contribution in [1.82, 2.24) is 9.88 Å². The third-order valence-electron chi connectivity index (χ3n) is 4.33. The van der Waals surface area contributed by atoms with Gasteiger partial charge >= 0.3 is 0 Å². The molecule has 0 aliphatic carbocycles. The van der Waals surface area contributed by atoms with E-state index < -0.39 is 0 Å². The molecule has 2 saturated heterocycles. The first-order valence-electron chi connectivity index (χ1n) is 7.58. The van der Waals surface area contributed by atoms with Gasteiger partial charge in [-0.1, -0.05) is 24.9 Å². The fourth-order valence-corrected chi connectivity index (χ4v) is 3.49. The lowest BCUT2D eigenvalue weighted by Crippen LogP contribution is -2.62. The number of halogens is 2. The Morgan fingerprint density at radius 2 is 2.29 bits per heavy atom. The van der Waals surface area contributed by atoms with Crippen LogP contribution in [-0.2, 0) is 4.74 Å². The van der Waals surface area contributed by atoms with Gasteiger partial charge in [0.05, 0.1) is 24.3 Å². The Bertz CT molecular complexity index is 500. The molecule has 4 nitrogen and oxygen atoms in total. The molecule has 0 N–H and O–H groups in total. The lowest BCUT2D eigenvalue weighted by molar-refractivity contribution is -0.0559. The highest BCUT2D eigenvalue weighted by molar-refractivity contribution is 6.30. The van der Waals surface area contributed by atoms with Crippen LogP contribution in [0.1, 0.15) is 19.8 Å². The second-order valence-corrected chi connectivity index (χ2v) is 6.21. The molecule has 0 radical (unpaired) electrons. The number of fused-ring (bicyclic) bond motifs is 1. The molecule has 0 saturated carbocycles. The maximum atomic E-state index is 14.0. The fraction of sp³-hybridized carbons (Fsp3) is 0.667. The van der Waals surface area contributed by atoms with Crippen LogP contribution in [0.4, 0.5) is 10.2 Å². The monoisotopic (exact) mass is 313 g/mol. The minimum Gasteiger partial charge on any atom is -0.378 e. The lowest BCUT2D eigenvalue weighted by Gasteiger charge is -2.48. The maximum Gasteiger partial charge on any atom is 0.167 e. The Hall–Kier alpha value is -0.910. The molecule has 0 aromatic carbocycles. The summed E-state index contributed by atoms with van der Waals surface area (Å²) in [4.78, 5) is 8.68. The van der Waals surface area contributed by atoms with Crippen molar-refractivity contribution in [3.05, 3.63) is 23.1 Å². The van der Waals surface area contributed by atoms with Crippen molar-refractivity contribution in [3.63, 3.8) is 0 Å². The molecule has 3 heterocycles. The van der Waals surface area contributed by atoms with Crippen molar-refractivity contribution in [2.45, 2.75) is 31.8 Å². The molecule has 2 aliphatic heterocycles. The maximum absolute atomic E-state index is 14.0. The van der Waals surface area contributed by atoms with E-state index in [4.69, 9.17) is 16.3 Å². The first kappa shape index (κ1) is 15.0. The number of anilines is 1. The Labute approximate surface area is 129 Å². The summed E-state index contributed by atoms with van der Waals surface area (Å²) < 4.78 is 19.8. The molecule has 2 aliphatic rings. The summed E-state index contributed by atoms with van der Waals surface area (Å²) in [7, 11) is 0. The first-order valence-corrected chi connectivity index (χ1v) is 7.96. The average Bonchev–Trinajstić information content (AvgIpc) is 2.47.